The van der Waals surface area contributed by atoms with Gasteiger partial charge >= 0.3 is 0 Å². The van der Waals surface area contributed by atoms with Crippen LogP contribution in [0.15, 0.2) is 52.5 Å². The van der Waals surface area contributed by atoms with Gasteiger partial charge in [-0.15, -0.1) is 5.10 Å². The molecule has 0 amide bonds. The summed E-state index contributed by atoms with van der Waals surface area (Å²) in [6.07, 6.45) is 0.932. The van der Waals surface area contributed by atoms with Crippen LogP contribution in [0.2, 0.25) is 0 Å². The predicted molar refractivity (Wildman–Crippen MR) is 124 cm³/mol. The fourth-order valence-electron chi connectivity index (χ4n) is 3.43. The van der Waals surface area contributed by atoms with Crippen LogP contribution in [0.25, 0.3) is 16.7 Å². The van der Waals surface area contributed by atoms with E-state index in [0.717, 1.165) is 35.6 Å². The highest BCUT2D eigenvalue weighted by Gasteiger charge is 2.20. The maximum Gasteiger partial charge on any atom is 0.242 e. The molecule has 2 aromatic heterocycles. The number of thioether (sulfide) groups is 1. The SMILES string of the molecule is CCCn1c(CSc2nnnn2-c2cccc(C)c2)nc2cc(S(=O)(=O)N(C)C)ccc21. The number of aryl methyl sites for hydroxylation is 2. The van der Waals surface area contributed by atoms with Gasteiger partial charge in [0.2, 0.25) is 15.2 Å². The Bertz CT molecular complexity index is 1360. The van der Waals surface area contributed by atoms with Gasteiger partial charge in [0.05, 0.1) is 27.4 Å². The van der Waals surface area contributed by atoms with E-state index in [0.29, 0.717) is 16.4 Å². The Kier molecular flexibility index (Phi) is 6.31. The van der Waals surface area contributed by atoms with E-state index in [1.807, 2.05) is 37.3 Å². The molecule has 4 rings (SSSR count). The Labute approximate surface area is 191 Å². The van der Waals surface area contributed by atoms with Crippen molar-refractivity contribution in [2.24, 2.45) is 0 Å². The Morgan fingerprint density at radius 3 is 2.66 bits per heavy atom. The van der Waals surface area contributed by atoms with Crippen LogP contribution in [0, 0.1) is 6.92 Å². The summed E-state index contributed by atoms with van der Waals surface area (Å²) in [5.41, 5.74) is 3.61. The van der Waals surface area contributed by atoms with Gasteiger partial charge in [0, 0.05) is 20.6 Å². The molecule has 11 heteroatoms. The molecule has 4 aromatic rings. The van der Waals surface area contributed by atoms with E-state index in [9.17, 15) is 8.42 Å². The molecular formula is C21H25N7O2S2. The van der Waals surface area contributed by atoms with Gasteiger partial charge in [-0.3, -0.25) is 0 Å². The predicted octanol–water partition coefficient (Wildman–Crippen LogP) is 3.27. The average molecular weight is 472 g/mol. The molecule has 0 aliphatic rings. The summed E-state index contributed by atoms with van der Waals surface area (Å²) in [4.78, 5) is 5.00. The summed E-state index contributed by atoms with van der Waals surface area (Å²) in [6.45, 7) is 4.92. The monoisotopic (exact) mass is 471 g/mol. The van der Waals surface area contributed by atoms with E-state index in [2.05, 4.69) is 27.0 Å². The third kappa shape index (κ3) is 4.27. The lowest BCUT2D eigenvalue weighted by atomic mass is 10.2. The molecule has 32 heavy (non-hydrogen) atoms. The van der Waals surface area contributed by atoms with E-state index >= 15 is 0 Å². The number of hydrogen-bond donors (Lipinski definition) is 0. The molecule has 0 spiro atoms. The van der Waals surface area contributed by atoms with Crippen LogP contribution in [0.1, 0.15) is 24.7 Å². The molecule has 0 aliphatic carbocycles. The van der Waals surface area contributed by atoms with Gasteiger partial charge in [-0.2, -0.15) is 4.68 Å². The summed E-state index contributed by atoms with van der Waals surface area (Å²) >= 11 is 1.49. The summed E-state index contributed by atoms with van der Waals surface area (Å²) < 4.78 is 30.1. The van der Waals surface area contributed by atoms with Crippen molar-refractivity contribution in [3.05, 3.63) is 53.9 Å². The fraction of sp³-hybridized carbons (Fsp3) is 0.333. The van der Waals surface area contributed by atoms with Crippen molar-refractivity contribution in [1.29, 1.82) is 0 Å². The second-order valence-electron chi connectivity index (χ2n) is 7.62. The van der Waals surface area contributed by atoms with Gasteiger partial charge in [0.15, 0.2) is 0 Å². The first-order chi connectivity index (χ1) is 15.3. The zero-order valence-corrected chi connectivity index (χ0v) is 20.1. The Hall–Kier alpha value is -2.76. The largest absolute Gasteiger partial charge is 0.327 e. The molecule has 0 radical (unpaired) electrons. The molecule has 0 atom stereocenters. The zero-order valence-electron chi connectivity index (χ0n) is 18.4. The molecule has 0 N–H and O–H groups in total. The van der Waals surface area contributed by atoms with Crippen LogP contribution >= 0.6 is 11.8 Å². The van der Waals surface area contributed by atoms with Crippen LogP contribution in [0.4, 0.5) is 0 Å². The van der Waals surface area contributed by atoms with E-state index in [1.54, 1.807) is 16.8 Å². The first-order valence-electron chi connectivity index (χ1n) is 10.2. The van der Waals surface area contributed by atoms with Crippen LogP contribution in [-0.4, -0.2) is 56.6 Å². The minimum atomic E-state index is -3.52. The topological polar surface area (TPSA) is 98.8 Å². The van der Waals surface area contributed by atoms with Crippen molar-refractivity contribution in [3.8, 4) is 5.69 Å². The summed E-state index contributed by atoms with van der Waals surface area (Å²) in [7, 11) is -0.476. The van der Waals surface area contributed by atoms with Gasteiger partial charge in [-0.1, -0.05) is 30.8 Å². The number of sulfonamides is 1. The van der Waals surface area contributed by atoms with Crippen molar-refractivity contribution in [2.75, 3.05) is 14.1 Å². The first-order valence-corrected chi connectivity index (χ1v) is 12.6. The molecule has 0 bridgehead atoms. The molecule has 0 aliphatic heterocycles. The number of fused-ring (bicyclic) bond motifs is 1. The second kappa shape index (κ2) is 9.00. The van der Waals surface area contributed by atoms with Crippen molar-refractivity contribution < 1.29 is 8.42 Å². The first kappa shape index (κ1) is 22.4. The molecule has 168 valence electrons. The van der Waals surface area contributed by atoms with Gasteiger partial charge in [-0.05, 0) is 59.7 Å². The van der Waals surface area contributed by atoms with E-state index in [1.165, 1.54) is 30.2 Å². The number of benzene rings is 2. The van der Waals surface area contributed by atoms with Gasteiger partial charge in [0.1, 0.15) is 5.82 Å². The Morgan fingerprint density at radius 1 is 1.12 bits per heavy atom. The highest BCUT2D eigenvalue weighted by Crippen LogP contribution is 2.27. The maximum absolute atomic E-state index is 12.5. The lowest BCUT2D eigenvalue weighted by molar-refractivity contribution is 0.521. The number of hydrogen-bond acceptors (Lipinski definition) is 7. The van der Waals surface area contributed by atoms with E-state index < -0.39 is 10.0 Å². The summed E-state index contributed by atoms with van der Waals surface area (Å²) in [5.74, 6) is 1.40. The van der Waals surface area contributed by atoms with Crippen LogP contribution in [0.5, 0.6) is 0 Å². The smallest absolute Gasteiger partial charge is 0.242 e. The fourth-order valence-corrected chi connectivity index (χ4v) is 5.19. The van der Waals surface area contributed by atoms with E-state index in [4.69, 9.17) is 4.98 Å². The Balaban J connectivity index is 1.66. The second-order valence-corrected chi connectivity index (χ2v) is 10.7. The van der Waals surface area contributed by atoms with Gasteiger partial charge in [-0.25, -0.2) is 17.7 Å². The molecule has 2 aromatic carbocycles. The Morgan fingerprint density at radius 2 is 1.94 bits per heavy atom. The minimum absolute atomic E-state index is 0.235. The molecule has 0 saturated heterocycles. The van der Waals surface area contributed by atoms with Crippen molar-refractivity contribution >= 4 is 32.8 Å². The standard InChI is InChI=1S/C21H25N7O2S2/c1-5-11-27-19-10-9-17(32(29,30)26(3)4)13-18(19)22-20(27)14-31-21-23-24-25-28(21)16-8-6-7-15(2)12-16/h6-10,12-13H,5,11,14H2,1-4H3. The zero-order chi connectivity index (χ0) is 22.9. The normalized spacial score (nSPS) is 12.2. The van der Waals surface area contributed by atoms with E-state index in [-0.39, 0.29) is 4.90 Å². The molecule has 0 unspecified atom stereocenters. The van der Waals surface area contributed by atoms with Crippen LogP contribution in [-0.2, 0) is 22.3 Å². The maximum atomic E-state index is 12.5. The summed E-state index contributed by atoms with van der Waals surface area (Å²) in [6, 6.07) is 13.1. The molecule has 0 fully saturated rings. The lowest BCUT2D eigenvalue weighted by Crippen LogP contribution is -2.22. The molecule has 0 saturated carbocycles. The molecule has 2 heterocycles. The highest BCUT2D eigenvalue weighted by atomic mass is 32.2. The quantitative estimate of drug-likeness (QED) is 0.364. The number of imidazole rings is 1. The highest BCUT2D eigenvalue weighted by molar-refractivity contribution is 7.98. The number of aromatic nitrogens is 6. The minimum Gasteiger partial charge on any atom is -0.327 e. The van der Waals surface area contributed by atoms with Crippen molar-refractivity contribution in [1.82, 2.24) is 34.1 Å². The third-order valence-electron chi connectivity index (χ3n) is 5.04. The average Bonchev–Trinajstić information content (AvgIpc) is 3.36. The third-order valence-corrected chi connectivity index (χ3v) is 7.77. The number of tetrazole rings is 1. The summed E-state index contributed by atoms with van der Waals surface area (Å²) in [5, 5.41) is 12.8. The molecule has 9 nitrogen and oxygen atoms in total. The van der Waals surface area contributed by atoms with Crippen LogP contribution < -0.4 is 0 Å². The van der Waals surface area contributed by atoms with Crippen molar-refractivity contribution in [2.45, 2.75) is 42.6 Å². The number of rotatable bonds is 8. The van der Waals surface area contributed by atoms with Gasteiger partial charge < -0.3 is 4.57 Å². The van der Waals surface area contributed by atoms with Gasteiger partial charge in [0.25, 0.3) is 0 Å². The molecular weight excluding hydrogens is 446 g/mol. The van der Waals surface area contributed by atoms with Crippen LogP contribution in [0.3, 0.4) is 0 Å². The van der Waals surface area contributed by atoms with Crippen molar-refractivity contribution in [3.63, 3.8) is 0 Å². The lowest BCUT2D eigenvalue weighted by Gasteiger charge is -2.11. The number of nitrogens with zero attached hydrogens (tertiary/aromatic N) is 7.